The van der Waals surface area contributed by atoms with Crippen LogP contribution in [-0.4, -0.2) is 37.3 Å². The van der Waals surface area contributed by atoms with Gasteiger partial charge in [0.1, 0.15) is 10.7 Å². The molecule has 0 bridgehead atoms. The van der Waals surface area contributed by atoms with Crippen molar-refractivity contribution in [3.8, 4) is 0 Å². The topological polar surface area (TPSA) is 62.3 Å². The van der Waals surface area contributed by atoms with Crippen LogP contribution in [-0.2, 0) is 10.0 Å². The van der Waals surface area contributed by atoms with Crippen LogP contribution in [0.4, 0.5) is 5.82 Å². The summed E-state index contributed by atoms with van der Waals surface area (Å²) in [7, 11) is -3.53. The number of piperidine rings is 1. The molecule has 1 aliphatic rings. The Hall–Kier alpha value is -0.850. The van der Waals surface area contributed by atoms with Crippen molar-refractivity contribution in [2.75, 3.05) is 25.0 Å². The van der Waals surface area contributed by atoms with Gasteiger partial charge in [-0.25, -0.2) is 13.4 Å². The molecule has 5 nitrogen and oxygen atoms in total. The van der Waals surface area contributed by atoms with E-state index in [1.165, 1.54) is 16.6 Å². The van der Waals surface area contributed by atoms with Gasteiger partial charge in [-0.15, -0.1) is 0 Å². The number of sulfonamides is 1. The van der Waals surface area contributed by atoms with E-state index in [9.17, 15) is 8.42 Å². The zero-order chi connectivity index (χ0) is 15.7. The molecule has 0 atom stereocenters. The molecular formula is C14H22ClN3O2S. The standard InChI is InChI=1S/C14H22ClN3O2S/c1-4-16-13-12(15)8-11(9-17-13)21(19,20)18-7-5-6-14(2,3)10-18/h8-9H,4-7,10H2,1-3H3,(H,16,17). The van der Waals surface area contributed by atoms with Crippen molar-refractivity contribution in [1.82, 2.24) is 9.29 Å². The average Bonchev–Trinajstić information content (AvgIpc) is 2.40. The summed E-state index contributed by atoms with van der Waals surface area (Å²) >= 11 is 6.10. The SMILES string of the molecule is CCNc1ncc(S(=O)(=O)N2CCCC(C)(C)C2)cc1Cl. The maximum Gasteiger partial charge on any atom is 0.244 e. The number of anilines is 1. The van der Waals surface area contributed by atoms with Gasteiger partial charge in [-0.2, -0.15) is 4.31 Å². The first kappa shape index (κ1) is 16.5. The minimum Gasteiger partial charge on any atom is -0.369 e. The van der Waals surface area contributed by atoms with E-state index in [0.29, 0.717) is 30.5 Å². The van der Waals surface area contributed by atoms with E-state index in [0.717, 1.165) is 12.8 Å². The number of nitrogens with one attached hydrogen (secondary N) is 1. The van der Waals surface area contributed by atoms with Crippen molar-refractivity contribution < 1.29 is 8.42 Å². The molecule has 1 aromatic heterocycles. The third kappa shape index (κ3) is 3.67. The van der Waals surface area contributed by atoms with Gasteiger partial charge >= 0.3 is 0 Å². The van der Waals surface area contributed by atoms with Gasteiger partial charge in [0.05, 0.1) is 5.02 Å². The lowest BCUT2D eigenvalue weighted by molar-refractivity contribution is 0.187. The number of hydrogen-bond donors (Lipinski definition) is 1. The molecule has 21 heavy (non-hydrogen) atoms. The molecule has 0 saturated carbocycles. The first-order valence-electron chi connectivity index (χ1n) is 7.16. The smallest absolute Gasteiger partial charge is 0.244 e. The second kappa shape index (κ2) is 6.10. The Morgan fingerprint density at radius 3 is 2.76 bits per heavy atom. The summed E-state index contributed by atoms with van der Waals surface area (Å²) in [6, 6.07) is 1.48. The average molecular weight is 332 g/mol. The van der Waals surface area contributed by atoms with Crippen LogP contribution in [0, 0.1) is 5.41 Å². The Labute approximate surface area is 131 Å². The molecule has 118 valence electrons. The summed E-state index contributed by atoms with van der Waals surface area (Å²) in [5.41, 5.74) is 0.00620. The molecular weight excluding hydrogens is 310 g/mol. The van der Waals surface area contributed by atoms with Crippen molar-refractivity contribution >= 4 is 27.4 Å². The van der Waals surface area contributed by atoms with E-state index >= 15 is 0 Å². The highest BCUT2D eigenvalue weighted by Gasteiger charge is 2.34. The van der Waals surface area contributed by atoms with Crippen LogP contribution in [0.5, 0.6) is 0 Å². The highest BCUT2D eigenvalue weighted by molar-refractivity contribution is 7.89. The maximum atomic E-state index is 12.7. The number of nitrogens with zero attached hydrogens (tertiary/aromatic N) is 2. The quantitative estimate of drug-likeness (QED) is 0.921. The molecule has 0 amide bonds. The summed E-state index contributed by atoms with van der Waals surface area (Å²) in [5.74, 6) is 0.511. The molecule has 1 N–H and O–H groups in total. The van der Waals surface area contributed by atoms with Gasteiger partial charge in [-0.3, -0.25) is 0 Å². The monoisotopic (exact) mass is 331 g/mol. The first-order chi connectivity index (χ1) is 9.76. The maximum absolute atomic E-state index is 12.7. The number of hydrogen-bond acceptors (Lipinski definition) is 4. The summed E-state index contributed by atoms with van der Waals surface area (Å²) in [5, 5.41) is 3.32. The molecule has 0 spiro atoms. The van der Waals surface area contributed by atoms with Gasteiger partial charge in [-0.05, 0) is 31.2 Å². The predicted molar refractivity (Wildman–Crippen MR) is 85.2 cm³/mol. The van der Waals surface area contributed by atoms with E-state index in [4.69, 9.17) is 11.6 Å². The van der Waals surface area contributed by atoms with Crippen LogP contribution >= 0.6 is 11.6 Å². The van der Waals surface area contributed by atoms with Crippen molar-refractivity contribution in [1.29, 1.82) is 0 Å². The molecule has 1 aromatic rings. The van der Waals surface area contributed by atoms with Crippen LogP contribution in [0.15, 0.2) is 17.2 Å². The van der Waals surface area contributed by atoms with Crippen LogP contribution in [0.25, 0.3) is 0 Å². The largest absolute Gasteiger partial charge is 0.369 e. The van der Waals surface area contributed by atoms with Gasteiger partial charge in [-0.1, -0.05) is 25.4 Å². The van der Waals surface area contributed by atoms with E-state index < -0.39 is 10.0 Å². The molecule has 7 heteroatoms. The Balaban J connectivity index is 2.29. The third-order valence-electron chi connectivity index (χ3n) is 3.66. The number of pyridine rings is 1. The second-order valence-electron chi connectivity index (χ2n) is 6.14. The molecule has 1 aliphatic heterocycles. The predicted octanol–water partition coefficient (Wildman–Crippen LogP) is 2.98. The molecule has 0 radical (unpaired) electrons. The molecule has 0 unspecified atom stereocenters. The lowest BCUT2D eigenvalue weighted by atomic mass is 9.85. The highest BCUT2D eigenvalue weighted by atomic mass is 35.5. The zero-order valence-corrected chi connectivity index (χ0v) is 14.3. The van der Waals surface area contributed by atoms with Gasteiger partial charge in [0.25, 0.3) is 0 Å². The molecule has 1 fully saturated rings. The fraction of sp³-hybridized carbons (Fsp3) is 0.643. The Bertz CT molecular complexity index is 617. The van der Waals surface area contributed by atoms with E-state index in [1.54, 1.807) is 0 Å². The van der Waals surface area contributed by atoms with Gasteiger partial charge in [0.15, 0.2) is 0 Å². The van der Waals surface area contributed by atoms with Crippen molar-refractivity contribution in [2.45, 2.75) is 38.5 Å². The van der Waals surface area contributed by atoms with Crippen molar-refractivity contribution in [2.24, 2.45) is 5.41 Å². The molecule has 2 rings (SSSR count). The van der Waals surface area contributed by atoms with Crippen molar-refractivity contribution in [3.63, 3.8) is 0 Å². The van der Waals surface area contributed by atoms with Crippen LogP contribution in [0.2, 0.25) is 5.02 Å². The lowest BCUT2D eigenvalue weighted by Gasteiger charge is -2.37. The van der Waals surface area contributed by atoms with Gasteiger partial charge in [0, 0.05) is 25.8 Å². The molecule has 0 aromatic carbocycles. The first-order valence-corrected chi connectivity index (χ1v) is 8.98. The summed E-state index contributed by atoms with van der Waals surface area (Å²) in [6.07, 6.45) is 3.29. The normalized spacial score (nSPS) is 19.4. The summed E-state index contributed by atoms with van der Waals surface area (Å²) in [4.78, 5) is 4.28. The minimum absolute atomic E-state index is 0.00620. The number of aromatic nitrogens is 1. The minimum atomic E-state index is -3.53. The fourth-order valence-corrected chi connectivity index (χ4v) is 4.52. The molecule has 2 heterocycles. The summed E-state index contributed by atoms with van der Waals surface area (Å²) in [6.45, 7) is 7.88. The van der Waals surface area contributed by atoms with Gasteiger partial charge in [0.2, 0.25) is 10.0 Å². The molecule has 1 saturated heterocycles. The highest BCUT2D eigenvalue weighted by Crippen LogP contribution is 2.32. The van der Waals surface area contributed by atoms with Crippen LogP contribution in [0.3, 0.4) is 0 Å². The number of rotatable bonds is 4. The van der Waals surface area contributed by atoms with E-state index in [2.05, 4.69) is 24.1 Å². The second-order valence-corrected chi connectivity index (χ2v) is 8.48. The van der Waals surface area contributed by atoms with Gasteiger partial charge < -0.3 is 5.32 Å². The zero-order valence-electron chi connectivity index (χ0n) is 12.7. The third-order valence-corrected chi connectivity index (χ3v) is 5.76. The van der Waals surface area contributed by atoms with Crippen LogP contribution in [0.1, 0.15) is 33.6 Å². The van der Waals surface area contributed by atoms with E-state index in [-0.39, 0.29) is 10.3 Å². The van der Waals surface area contributed by atoms with Crippen molar-refractivity contribution in [3.05, 3.63) is 17.3 Å². The summed E-state index contributed by atoms with van der Waals surface area (Å²) < 4.78 is 26.9. The Kier molecular flexibility index (Phi) is 4.80. The van der Waals surface area contributed by atoms with E-state index in [1.807, 2.05) is 6.92 Å². The molecule has 0 aliphatic carbocycles. The Morgan fingerprint density at radius 1 is 1.48 bits per heavy atom. The van der Waals surface area contributed by atoms with Crippen LogP contribution < -0.4 is 5.32 Å². The fourth-order valence-electron chi connectivity index (χ4n) is 2.58. The Morgan fingerprint density at radius 2 is 2.19 bits per heavy atom. The lowest BCUT2D eigenvalue weighted by Crippen LogP contribution is -2.43. The number of halogens is 1.